The Balaban J connectivity index is 1.50. The van der Waals surface area contributed by atoms with Crippen LogP contribution in [0, 0.1) is 35.2 Å². The van der Waals surface area contributed by atoms with Gasteiger partial charge in [0, 0.05) is 16.7 Å². The second-order valence-corrected chi connectivity index (χ2v) is 8.85. The Hall–Kier alpha value is -3.45. The Labute approximate surface area is 205 Å². The van der Waals surface area contributed by atoms with Crippen molar-refractivity contribution < 1.29 is 17.9 Å². The molecule has 4 heteroatoms. The number of hydrogen-bond donors (Lipinski definition) is 0. The quantitative estimate of drug-likeness (QED) is 0.325. The first-order chi connectivity index (χ1) is 17.0. The molecule has 3 aromatic rings. The number of allylic oxidation sites excluding steroid dienone is 2. The van der Waals surface area contributed by atoms with Gasteiger partial charge >= 0.3 is 0 Å². The van der Waals surface area contributed by atoms with Gasteiger partial charge in [-0.25, -0.2) is 8.78 Å². The van der Waals surface area contributed by atoms with E-state index < -0.39 is 11.6 Å². The van der Waals surface area contributed by atoms with Crippen LogP contribution >= 0.6 is 0 Å². The van der Waals surface area contributed by atoms with Crippen LogP contribution in [0.1, 0.15) is 51.5 Å². The molecule has 4 rings (SSSR count). The Bertz CT molecular complexity index is 1280. The molecule has 0 N–H and O–H groups in total. The molecule has 1 unspecified atom stereocenters. The topological polar surface area (TPSA) is 9.23 Å². The van der Waals surface area contributed by atoms with Crippen LogP contribution in [0.2, 0.25) is 0 Å². The van der Waals surface area contributed by atoms with Crippen molar-refractivity contribution in [2.75, 3.05) is 6.61 Å². The number of hydrogen-bond acceptors (Lipinski definition) is 1. The second-order valence-electron chi connectivity index (χ2n) is 8.85. The standard InChI is InChI=1S/C31H29F3O/c1-3-5-21-6-8-22(9-7-21)10-11-23-12-17-26(28(32)20-23)24-13-15-25(16-14-24)27-18-19-29(35-4-2)31(34)30(27)33/h8,12-21H,3-7,9H2,1-2H3. The minimum atomic E-state index is -1.01. The van der Waals surface area contributed by atoms with E-state index in [1.807, 2.05) is 6.07 Å². The van der Waals surface area contributed by atoms with Crippen LogP contribution in [-0.2, 0) is 0 Å². The average molecular weight is 475 g/mol. The number of rotatable bonds is 6. The molecule has 0 bridgehead atoms. The van der Waals surface area contributed by atoms with Crippen LogP contribution in [0.3, 0.4) is 0 Å². The zero-order chi connectivity index (χ0) is 24.8. The molecular weight excluding hydrogens is 445 g/mol. The van der Waals surface area contributed by atoms with E-state index in [1.54, 1.807) is 37.3 Å². The summed E-state index contributed by atoms with van der Waals surface area (Å²) in [6.45, 7) is 4.17. The molecule has 0 radical (unpaired) electrons. The van der Waals surface area contributed by atoms with Gasteiger partial charge in [0.2, 0.25) is 5.82 Å². The van der Waals surface area contributed by atoms with Crippen molar-refractivity contribution in [3.63, 3.8) is 0 Å². The summed E-state index contributed by atoms with van der Waals surface area (Å²) in [4.78, 5) is 0. The molecule has 0 amide bonds. The summed E-state index contributed by atoms with van der Waals surface area (Å²) in [7, 11) is 0. The molecule has 1 nitrogen and oxygen atoms in total. The maximum absolute atomic E-state index is 14.9. The highest BCUT2D eigenvalue weighted by atomic mass is 19.2. The fourth-order valence-corrected chi connectivity index (χ4v) is 4.50. The van der Waals surface area contributed by atoms with E-state index in [0.29, 0.717) is 22.3 Å². The fourth-order valence-electron chi connectivity index (χ4n) is 4.50. The Morgan fingerprint density at radius 1 is 0.857 bits per heavy atom. The summed E-state index contributed by atoms with van der Waals surface area (Å²) in [6, 6.07) is 14.6. The maximum Gasteiger partial charge on any atom is 0.201 e. The molecule has 1 aliphatic carbocycles. The normalized spacial score (nSPS) is 15.2. The molecule has 35 heavy (non-hydrogen) atoms. The smallest absolute Gasteiger partial charge is 0.201 e. The molecule has 1 atom stereocenters. The molecule has 0 saturated carbocycles. The van der Waals surface area contributed by atoms with Gasteiger partial charge in [-0.05, 0) is 73.1 Å². The van der Waals surface area contributed by atoms with Crippen LogP contribution in [-0.4, -0.2) is 6.61 Å². The largest absolute Gasteiger partial charge is 0.491 e. The lowest BCUT2D eigenvalue weighted by Crippen LogP contribution is -2.04. The van der Waals surface area contributed by atoms with Crippen molar-refractivity contribution in [1.29, 1.82) is 0 Å². The van der Waals surface area contributed by atoms with Gasteiger partial charge in [0.1, 0.15) is 5.82 Å². The summed E-state index contributed by atoms with van der Waals surface area (Å²) in [5.41, 5.74) is 3.47. The third kappa shape index (κ3) is 5.80. The molecule has 180 valence electrons. The van der Waals surface area contributed by atoms with Gasteiger partial charge in [0.15, 0.2) is 11.6 Å². The van der Waals surface area contributed by atoms with Crippen LogP contribution in [0.25, 0.3) is 22.3 Å². The molecule has 0 saturated heterocycles. The van der Waals surface area contributed by atoms with Crippen LogP contribution < -0.4 is 4.74 Å². The summed E-state index contributed by atoms with van der Waals surface area (Å²) < 4.78 is 48.8. The average Bonchev–Trinajstić information content (AvgIpc) is 2.87. The van der Waals surface area contributed by atoms with Gasteiger partial charge in [-0.15, -0.1) is 0 Å². The molecule has 0 aromatic heterocycles. The Kier molecular flexibility index (Phi) is 7.98. The predicted molar refractivity (Wildman–Crippen MR) is 136 cm³/mol. The minimum absolute atomic E-state index is 0.115. The zero-order valence-electron chi connectivity index (χ0n) is 20.1. The number of benzene rings is 3. The molecule has 0 spiro atoms. The van der Waals surface area contributed by atoms with E-state index in [0.717, 1.165) is 24.3 Å². The van der Waals surface area contributed by atoms with Gasteiger partial charge in [0.05, 0.1) is 6.61 Å². The summed E-state index contributed by atoms with van der Waals surface area (Å²) in [6.07, 6.45) is 7.94. The minimum Gasteiger partial charge on any atom is -0.491 e. The SMILES string of the molecule is CCCC1CC=C(C#Cc2ccc(-c3ccc(-c4ccc(OCC)c(F)c4F)cc3)c(F)c2)CC1. The van der Waals surface area contributed by atoms with Crippen LogP contribution in [0.4, 0.5) is 13.2 Å². The highest BCUT2D eigenvalue weighted by Gasteiger charge is 2.16. The number of ether oxygens (including phenoxy) is 1. The van der Waals surface area contributed by atoms with Crippen molar-refractivity contribution in [2.45, 2.75) is 46.0 Å². The lowest BCUT2D eigenvalue weighted by atomic mass is 9.87. The van der Waals surface area contributed by atoms with Gasteiger partial charge in [-0.1, -0.05) is 68.0 Å². The molecule has 1 aliphatic rings. The Morgan fingerprint density at radius 3 is 2.20 bits per heavy atom. The second kappa shape index (κ2) is 11.3. The molecule has 0 heterocycles. The van der Waals surface area contributed by atoms with E-state index in [2.05, 4.69) is 24.8 Å². The van der Waals surface area contributed by atoms with Gasteiger partial charge in [-0.3, -0.25) is 0 Å². The van der Waals surface area contributed by atoms with E-state index in [9.17, 15) is 13.2 Å². The predicted octanol–water partition coefficient (Wildman–Crippen LogP) is 8.71. The van der Waals surface area contributed by atoms with Crippen molar-refractivity contribution in [2.24, 2.45) is 5.92 Å². The fraction of sp³-hybridized carbons (Fsp3) is 0.290. The van der Waals surface area contributed by atoms with Crippen LogP contribution in [0.5, 0.6) is 5.75 Å². The summed E-state index contributed by atoms with van der Waals surface area (Å²) in [5.74, 6) is 4.59. The van der Waals surface area contributed by atoms with Gasteiger partial charge in [0.25, 0.3) is 0 Å². The lowest BCUT2D eigenvalue weighted by molar-refractivity contribution is 0.314. The van der Waals surface area contributed by atoms with Crippen molar-refractivity contribution in [3.8, 4) is 39.8 Å². The lowest BCUT2D eigenvalue weighted by Gasteiger charge is -2.18. The van der Waals surface area contributed by atoms with Crippen LogP contribution in [0.15, 0.2) is 66.2 Å². The van der Waals surface area contributed by atoms with Gasteiger partial charge < -0.3 is 4.74 Å². The van der Waals surface area contributed by atoms with E-state index in [-0.39, 0.29) is 23.7 Å². The zero-order valence-corrected chi connectivity index (χ0v) is 20.1. The van der Waals surface area contributed by atoms with Crippen molar-refractivity contribution in [3.05, 3.63) is 89.3 Å². The number of halogens is 3. The third-order valence-electron chi connectivity index (χ3n) is 6.41. The van der Waals surface area contributed by atoms with Gasteiger partial charge in [-0.2, -0.15) is 4.39 Å². The first-order valence-corrected chi connectivity index (χ1v) is 12.2. The monoisotopic (exact) mass is 474 g/mol. The third-order valence-corrected chi connectivity index (χ3v) is 6.41. The van der Waals surface area contributed by atoms with Crippen molar-refractivity contribution in [1.82, 2.24) is 0 Å². The van der Waals surface area contributed by atoms with E-state index in [1.165, 1.54) is 37.5 Å². The first kappa shape index (κ1) is 24.7. The summed E-state index contributed by atoms with van der Waals surface area (Å²) >= 11 is 0. The highest BCUT2D eigenvalue weighted by Crippen LogP contribution is 2.32. The van der Waals surface area contributed by atoms with E-state index in [4.69, 9.17) is 4.74 Å². The highest BCUT2D eigenvalue weighted by molar-refractivity contribution is 5.72. The maximum atomic E-state index is 14.9. The van der Waals surface area contributed by atoms with E-state index >= 15 is 0 Å². The Morgan fingerprint density at radius 2 is 1.57 bits per heavy atom. The molecule has 0 fully saturated rings. The first-order valence-electron chi connectivity index (χ1n) is 12.2. The molecular formula is C31H29F3O. The molecule has 3 aromatic carbocycles. The molecule has 0 aliphatic heterocycles. The summed E-state index contributed by atoms with van der Waals surface area (Å²) in [5, 5.41) is 0. The van der Waals surface area contributed by atoms with Crippen molar-refractivity contribution >= 4 is 0 Å².